The Morgan fingerprint density at radius 1 is 1.07 bits per heavy atom. The second-order valence-corrected chi connectivity index (χ2v) is 8.43. The van der Waals surface area contributed by atoms with Crippen LogP contribution in [-0.2, 0) is 6.42 Å². The van der Waals surface area contributed by atoms with Crippen molar-refractivity contribution in [3.8, 4) is 0 Å². The summed E-state index contributed by atoms with van der Waals surface area (Å²) in [6.07, 6.45) is 5.29. The van der Waals surface area contributed by atoms with E-state index in [1.807, 2.05) is 0 Å². The molecular formula is C23H29N3O. The van der Waals surface area contributed by atoms with E-state index in [1.165, 1.54) is 5.56 Å². The van der Waals surface area contributed by atoms with Crippen LogP contribution in [0.1, 0.15) is 45.9 Å². The van der Waals surface area contributed by atoms with Gasteiger partial charge in [0.25, 0.3) is 0 Å². The molecule has 0 amide bonds. The van der Waals surface area contributed by atoms with Crippen LogP contribution in [0.4, 0.5) is 5.69 Å². The summed E-state index contributed by atoms with van der Waals surface area (Å²) in [7, 11) is 0. The zero-order valence-electron chi connectivity index (χ0n) is 17.2. The molecule has 0 atom stereocenters. The van der Waals surface area contributed by atoms with Gasteiger partial charge >= 0.3 is 0 Å². The molecule has 27 heavy (non-hydrogen) atoms. The first-order chi connectivity index (χ1) is 12.8. The summed E-state index contributed by atoms with van der Waals surface area (Å²) in [5.41, 5.74) is 4.91. The highest BCUT2D eigenvalue weighted by atomic mass is 16.3. The number of anilines is 1. The van der Waals surface area contributed by atoms with E-state index in [9.17, 15) is 0 Å². The minimum absolute atomic E-state index is 0.149. The van der Waals surface area contributed by atoms with Crippen molar-refractivity contribution in [2.45, 2.75) is 53.6 Å². The van der Waals surface area contributed by atoms with Gasteiger partial charge < -0.3 is 14.2 Å². The van der Waals surface area contributed by atoms with E-state index >= 15 is 0 Å². The summed E-state index contributed by atoms with van der Waals surface area (Å²) in [6, 6.07) is 8.59. The third-order valence-electron chi connectivity index (χ3n) is 5.59. The van der Waals surface area contributed by atoms with Crippen LogP contribution in [-0.4, -0.2) is 22.1 Å². The molecule has 4 nitrogen and oxygen atoms in total. The highest BCUT2D eigenvalue weighted by molar-refractivity contribution is 6.08. The molecule has 1 aliphatic heterocycles. The van der Waals surface area contributed by atoms with Gasteiger partial charge in [0.05, 0.1) is 5.69 Å². The maximum Gasteiger partial charge on any atom is 0.227 e. The lowest BCUT2D eigenvalue weighted by atomic mass is 10.0. The lowest BCUT2D eigenvalue weighted by Gasteiger charge is -2.41. The van der Waals surface area contributed by atoms with Gasteiger partial charge in [0, 0.05) is 35.4 Å². The Morgan fingerprint density at radius 2 is 1.81 bits per heavy atom. The van der Waals surface area contributed by atoms with E-state index in [1.54, 1.807) is 0 Å². The van der Waals surface area contributed by atoms with Crippen LogP contribution in [0, 0.1) is 12.8 Å². The van der Waals surface area contributed by atoms with Crippen molar-refractivity contribution in [2.75, 3.05) is 11.4 Å². The van der Waals surface area contributed by atoms with Crippen LogP contribution >= 0.6 is 0 Å². The van der Waals surface area contributed by atoms with E-state index in [0.717, 1.165) is 46.4 Å². The van der Waals surface area contributed by atoms with E-state index in [2.05, 4.69) is 88.0 Å². The van der Waals surface area contributed by atoms with Gasteiger partial charge in [0.15, 0.2) is 5.58 Å². The highest BCUT2D eigenvalue weighted by Crippen LogP contribution is 2.42. The van der Waals surface area contributed by atoms with Crippen molar-refractivity contribution in [3.63, 3.8) is 0 Å². The Hall–Kier alpha value is -2.49. The van der Waals surface area contributed by atoms with Crippen LogP contribution in [0.25, 0.3) is 22.1 Å². The minimum atomic E-state index is -0.149. The van der Waals surface area contributed by atoms with E-state index in [0.29, 0.717) is 5.92 Å². The third kappa shape index (κ3) is 2.78. The predicted octanol–water partition coefficient (Wildman–Crippen LogP) is 5.84. The quantitative estimate of drug-likeness (QED) is 0.583. The standard InChI is InChI=1S/C23H29N3O/c1-7-17-9-11-19-18-10-8-16(4)20(21(18)27-22(19)24-17)26-13-12-25(14-15(2)3)23(26,5)6/h8-13,15H,7,14H2,1-6H3. The molecule has 142 valence electrons. The number of pyridine rings is 1. The Labute approximate surface area is 161 Å². The van der Waals surface area contributed by atoms with Gasteiger partial charge in [-0.3, -0.25) is 0 Å². The van der Waals surface area contributed by atoms with Crippen LogP contribution in [0.5, 0.6) is 0 Å². The molecule has 1 aromatic carbocycles. The van der Waals surface area contributed by atoms with Crippen molar-refractivity contribution in [1.82, 2.24) is 9.88 Å². The molecule has 4 heteroatoms. The number of aromatic nitrogens is 1. The lowest BCUT2D eigenvalue weighted by molar-refractivity contribution is 0.190. The van der Waals surface area contributed by atoms with E-state index in [-0.39, 0.29) is 5.66 Å². The maximum absolute atomic E-state index is 6.32. The molecule has 0 fully saturated rings. The van der Waals surface area contributed by atoms with Gasteiger partial charge in [-0.15, -0.1) is 0 Å². The summed E-state index contributed by atoms with van der Waals surface area (Å²) in [4.78, 5) is 9.46. The molecule has 0 spiro atoms. The van der Waals surface area contributed by atoms with Crippen molar-refractivity contribution >= 4 is 27.8 Å². The normalized spacial score (nSPS) is 16.4. The summed E-state index contributed by atoms with van der Waals surface area (Å²) >= 11 is 0. The van der Waals surface area contributed by atoms with Crippen molar-refractivity contribution in [1.29, 1.82) is 0 Å². The highest BCUT2D eigenvalue weighted by Gasteiger charge is 2.37. The average molecular weight is 364 g/mol. The fourth-order valence-electron chi connectivity index (χ4n) is 4.02. The second kappa shape index (κ2) is 6.29. The maximum atomic E-state index is 6.32. The third-order valence-corrected chi connectivity index (χ3v) is 5.59. The molecule has 0 unspecified atom stereocenters. The summed E-state index contributed by atoms with van der Waals surface area (Å²) in [5.74, 6) is 0.605. The number of fused-ring (bicyclic) bond motifs is 3. The summed E-state index contributed by atoms with van der Waals surface area (Å²) in [5, 5.41) is 2.22. The zero-order chi connectivity index (χ0) is 19.3. The van der Waals surface area contributed by atoms with Crippen LogP contribution in [0.15, 0.2) is 41.1 Å². The van der Waals surface area contributed by atoms with Gasteiger partial charge in [-0.05, 0) is 50.8 Å². The molecule has 3 heterocycles. The Morgan fingerprint density at radius 3 is 2.52 bits per heavy atom. The number of benzene rings is 1. The minimum Gasteiger partial charge on any atom is -0.435 e. The molecule has 4 rings (SSSR count). The number of hydrogen-bond donors (Lipinski definition) is 0. The number of rotatable bonds is 4. The molecule has 2 aromatic heterocycles. The summed E-state index contributed by atoms with van der Waals surface area (Å²) < 4.78 is 6.32. The van der Waals surface area contributed by atoms with Gasteiger partial charge in [0.1, 0.15) is 5.66 Å². The van der Waals surface area contributed by atoms with Crippen molar-refractivity contribution in [3.05, 3.63) is 47.9 Å². The van der Waals surface area contributed by atoms with Gasteiger partial charge in [-0.1, -0.05) is 32.9 Å². The van der Waals surface area contributed by atoms with Crippen molar-refractivity contribution in [2.24, 2.45) is 5.92 Å². The molecule has 3 aromatic rings. The van der Waals surface area contributed by atoms with Crippen LogP contribution in [0.2, 0.25) is 0 Å². The number of furan rings is 1. The number of hydrogen-bond acceptors (Lipinski definition) is 4. The SMILES string of the molecule is CCc1ccc2c(n1)oc1c(N3C=CN(CC(C)C)C3(C)C)c(C)ccc12. The monoisotopic (exact) mass is 363 g/mol. The Bertz CT molecular complexity index is 1030. The lowest BCUT2D eigenvalue weighted by Crippen LogP contribution is -2.49. The first kappa shape index (κ1) is 17.9. The number of nitrogens with zero attached hydrogens (tertiary/aromatic N) is 3. The fraction of sp³-hybridized carbons (Fsp3) is 0.435. The van der Waals surface area contributed by atoms with Gasteiger partial charge in [0.2, 0.25) is 5.71 Å². The zero-order valence-corrected chi connectivity index (χ0v) is 17.2. The predicted molar refractivity (Wildman–Crippen MR) is 113 cm³/mol. The molecule has 0 saturated carbocycles. The van der Waals surface area contributed by atoms with Gasteiger partial charge in [-0.25, -0.2) is 4.98 Å². The van der Waals surface area contributed by atoms with Crippen LogP contribution < -0.4 is 4.90 Å². The molecule has 0 N–H and O–H groups in total. The Kier molecular flexibility index (Phi) is 4.17. The van der Waals surface area contributed by atoms with Crippen molar-refractivity contribution < 1.29 is 4.42 Å². The van der Waals surface area contributed by atoms with Gasteiger partial charge in [-0.2, -0.15) is 0 Å². The second-order valence-electron chi connectivity index (χ2n) is 8.43. The van der Waals surface area contributed by atoms with E-state index in [4.69, 9.17) is 9.40 Å². The average Bonchev–Trinajstić information content (AvgIpc) is 3.11. The molecular weight excluding hydrogens is 334 g/mol. The number of aryl methyl sites for hydroxylation is 2. The first-order valence-corrected chi connectivity index (χ1v) is 9.89. The molecule has 1 aliphatic rings. The molecule has 0 saturated heterocycles. The van der Waals surface area contributed by atoms with E-state index < -0.39 is 0 Å². The largest absolute Gasteiger partial charge is 0.435 e. The first-order valence-electron chi connectivity index (χ1n) is 9.89. The summed E-state index contributed by atoms with van der Waals surface area (Å²) in [6.45, 7) is 14.3. The van der Waals surface area contributed by atoms with Crippen LogP contribution in [0.3, 0.4) is 0 Å². The smallest absolute Gasteiger partial charge is 0.227 e. The molecule has 0 radical (unpaired) electrons. The Balaban J connectivity index is 1.89. The molecule has 0 bridgehead atoms. The topological polar surface area (TPSA) is 32.5 Å². The fourth-order valence-corrected chi connectivity index (χ4v) is 4.02. The molecule has 0 aliphatic carbocycles.